The highest BCUT2D eigenvalue weighted by Gasteiger charge is 2.18. The number of rotatable bonds is 6. The molecule has 0 spiro atoms. The first-order valence-corrected chi connectivity index (χ1v) is 8.36. The monoisotopic (exact) mass is 333 g/mol. The van der Waals surface area contributed by atoms with Crippen LogP contribution in [0.5, 0.6) is 0 Å². The van der Waals surface area contributed by atoms with Gasteiger partial charge in [0.15, 0.2) is 0 Å². The van der Waals surface area contributed by atoms with Gasteiger partial charge in [-0.3, -0.25) is 4.68 Å². The fourth-order valence-electron chi connectivity index (χ4n) is 2.13. The van der Waals surface area contributed by atoms with Gasteiger partial charge in [-0.25, -0.2) is 17.8 Å². The summed E-state index contributed by atoms with van der Waals surface area (Å²) < 4.78 is 30.7. The van der Waals surface area contributed by atoms with Crippen molar-refractivity contribution in [3.8, 4) is 5.69 Å². The summed E-state index contributed by atoms with van der Waals surface area (Å²) in [4.78, 5) is 0.151. The number of benzene rings is 1. The zero-order valence-electron chi connectivity index (χ0n) is 12.3. The number of hydrogen-bond acceptors (Lipinski definition) is 6. The lowest BCUT2D eigenvalue weighted by Gasteiger charge is -2.14. The Morgan fingerprint density at radius 1 is 1.30 bits per heavy atom. The van der Waals surface area contributed by atoms with Gasteiger partial charge in [0.05, 0.1) is 17.1 Å². The molecule has 0 fully saturated rings. The van der Waals surface area contributed by atoms with Gasteiger partial charge < -0.3 is 0 Å². The van der Waals surface area contributed by atoms with Gasteiger partial charge in [-0.05, 0) is 41.6 Å². The van der Waals surface area contributed by atoms with Gasteiger partial charge >= 0.3 is 0 Å². The fraction of sp³-hybridized carbons (Fsp3) is 0.231. The highest BCUT2D eigenvalue weighted by molar-refractivity contribution is 7.89. The summed E-state index contributed by atoms with van der Waals surface area (Å²) in [6.45, 7) is 2.23. The molecule has 9 nitrogen and oxygen atoms in total. The van der Waals surface area contributed by atoms with Crippen molar-refractivity contribution in [2.24, 2.45) is 0 Å². The van der Waals surface area contributed by atoms with Crippen LogP contribution in [0.1, 0.15) is 6.92 Å². The lowest BCUT2D eigenvalue weighted by Crippen LogP contribution is -2.35. The van der Waals surface area contributed by atoms with Crippen molar-refractivity contribution in [1.29, 1.82) is 0 Å². The van der Waals surface area contributed by atoms with Gasteiger partial charge in [-0.2, -0.15) is 5.10 Å². The van der Waals surface area contributed by atoms with Gasteiger partial charge in [0, 0.05) is 18.4 Å². The Morgan fingerprint density at radius 2 is 2.17 bits per heavy atom. The minimum absolute atomic E-state index is 0.151. The van der Waals surface area contributed by atoms with Crippen molar-refractivity contribution in [1.82, 2.24) is 34.7 Å². The van der Waals surface area contributed by atoms with Gasteiger partial charge in [0.25, 0.3) is 0 Å². The van der Waals surface area contributed by atoms with Gasteiger partial charge in [0.2, 0.25) is 10.0 Å². The summed E-state index contributed by atoms with van der Waals surface area (Å²) in [6, 6.07) is 7.89. The summed E-state index contributed by atoms with van der Waals surface area (Å²) >= 11 is 0. The van der Waals surface area contributed by atoms with Crippen LogP contribution in [0.4, 0.5) is 0 Å². The molecule has 0 unspecified atom stereocenters. The summed E-state index contributed by atoms with van der Waals surface area (Å²) in [7, 11) is -3.65. The molecule has 1 aromatic carbocycles. The number of nitrogens with zero attached hydrogens (tertiary/aromatic N) is 6. The van der Waals surface area contributed by atoms with Gasteiger partial charge in [-0.15, -0.1) is 5.10 Å². The standard InChI is InChI=1S/C13H15N7O2S/c1-11(9-19-7-3-6-15-19)16-23(21,22)13-5-2-4-12(8-13)20-10-14-17-18-20/h2-8,10-11,16H,9H2,1H3/t11-/m0/s1. The number of sulfonamides is 1. The maximum Gasteiger partial charge on any atom is 0.240 e. The van der Waals surface area contributed by atoms with E-state index in [4.69, 9.17) is 0 Å². The molecule has 10 heteroatoms. The van der Waals surface area contributed by atoms with Crippen molar-refractivity contribution >= 4 is 10.0 Å². The molecule has 1 atom stereocenters. The fourth-order valence-corrected chi connectivity index (χ4v) is 3.41. The van der Waals surface area contributed by atoms with Crippen LogP contribution in [0, 0.1) is 0 Å². The first-order chi connectivity index (χ1) is 11.0. The van der Waals surface area contributed by atoms with Crippen molar-refractivity contribution in [3.05, 3.63) is 49.1 Å². The van der Waals surface area contributed by atoms with Gasteiger partial charge in [0.1, 0.15) is 6.33 Å². The maximum atomic E-state index is 12.5. The summed E-state index contributed by atoms with van der Waals surface area (Å²) in [5.74, 6) is 0. The quantitative estimate of drug-likeness (QED) is 0.692. The van der Waals surface area contributed by atoms with Crippen LogP contribution >= 0.6 is 0 Å². The van der Waals surface area contributed by atoms with E-state index in [1.54, 1.807) is 42.2 Å². The third-order valence-electron chi connectivity index (χ3n) is 3.12. The Hall–Kier alpha value is -2.59. The van der Waals surface area contributed by atoms with Crippen molar-refractivity contribution < 1.29 is 8.42 Å². The van der Waals surface area contributed by atoms with Crippen molar-refractivity contribution in [2.75, 3.05) is 0 Å². The largest absolute Gasteiger partial charge is 0.271 e. The molecule has 0 aliphatic carbocycles. The molecule has 120 valence electrons. The molecule has 1 N–H and O–H groups in total. The van der Waals surface area contributed by atoms with E-state index in [-0.39, 0.29) is 10.9 Å². The number of aromatic nitrogens is 6. The number of tetrazole rings is 1. The second-order valence-electron chi connectivity index (χ2n) is 5.00. The average molecular weight is 333 g/mol. The highest BCUT2D eigenvalue weighted by Crippen LogP contribution is 2.14. The average Bonchev–Trinajstić information content (AvgIpc) is 3.20. The van der Waals surface area contributed by atoms with Crippen molar-refractivity contribution in [3.63, 3.8) is 0 Å². The predicted octanol–water partition coefficient (Wildman–Crippen LogP) is 0.226. The third-order valence-corrected chi connectivity index (χ3v) is 4.71. The van der Waals surface area contributed by atoms with Crippen molar-refractivity contribution in [2.45, 2.75) is 24.4 Å². The van der Waals surface area contributed by atoms with E-state index in [1.165, 1.54) is 23.1 Å². The van der Waals surface area contributed by atoms with Crippen LogP contribution < -0.4 is 4.72 Å². The third kappa shape index (κ3) is 3.60. The second-order valence-corrected chi connectivity index (χ2v) is 6.72. The van der Waals surface area contributed by atoms with E-state index in [0.717, 1.165) is 0 Å². The Kier molecular flexibility index (Phi) is 4.17. The lowest BCUT2D eigenvalue weighted by atomic mass is 10.3. The second kappa shape index (κ2) is 6.26. The molecule has 2 aromatic heterocycles. The number of hydrogen-bond donors (Lipinski definition) is 1. The Labute approximate surface area is 133 Å². The number of nitrogens with one attached hydrogen (secondary N) is 1. The molecule has 3 aromatic rings. The predicted molar refractivity (Wildman–Crippen MR) is 81.2 cm³/mol. The first kappa shape index (κ1) is 15.3. The lowest BCUT2D eigenvalue weighted by molar-refractivity contribution is 0.494. The normalized spacial score (nSPS) is 13.1. The van der Waals surface area contributed by atoms with Crippen LogP contribution in [0.3, 0.4) is 0 Å². The smallest absolute Gasteiger partial charge is 0.240 e. The topological polar surface area (TPSA) is 108 Å². The zero-order chi connectivity index (χ0) is 16.3. The van der Waals surface area contributed by atoms with Crippen LogP contribution in [0.2, 0.25) is 0 Å². The van der Waals surface area contributed by atoms with Crippen LogP contribution in [-0.2, 0) is 16.6 Å². The Bertz CT molecular complexity index is 860. The Balaban J connectivity index is 1.78. The minimum atomic E-state index is -3.65. The SMILES string of the molecule is C[C@@H](Cn1cccn1)NS(=O)(=O)c1cccc(-n2cnnn2)c1. The molecule has 0 amide bonds. The molecule has 3 rings (SSSR count). The van der Waals surface area contributed by atoms with Crippen LogP contribution in [0.15, 0.2) is 53.9 Å². The summed E-state index contributed by atoms with van der Waals surface area (Å²) in [6.07, 6.45) is 4.83. The van der Waals surface area contributed by atoms with E-state index in [2.05, 4.69) is 25.3 Å². The molecule has 0 bridgehead atoms. The first-order valence-electron chi connectivity index (χ1n) is 6.88. The van der Waals surface area contributed by atoms with E-state index < -0.39 is 10.0 Å². The maximum absolute atomic E-state index is 12.5. The zero-order valence-corrected chi connectivity index (χ0v) is 13.1. The van der Waals surface area contributed by atoms with Gasteiger partial charge in [-0.1, -0.05) is 6.07 Å². The van der Waals surface area contributed by atoms with E-state index in [0.29, 0.717) is 12.2 Å². The summed E-state index contributed by atoms with van der Waals surface area (Å²) in [5.41, 5.74) is 0.567. The molecular weight excluding hydrogens is 318 g/mol. The molecule has 0 saturated carbocycles. The molecule has 0 radical (unpaired) electrons. The van der Waals surface area contributed by atoms with Crippen LogP contribution in [0.25, 0.3) is 5.69 Å². The molecule has 0 saturated heterocycles. The van der Waals surface area contributed by atoms with E-state index >= 15 is 0 Å². The summed E-state index contributed by atoms with van der Waals surface area (Å²) in [5, 5.41) is 14.9. The minimum Gasteiger partial charge on any atom is -0.271 e. The Morgan fingerprint density at radius 3 is 2.87 bits per heavy atom. The molecular formula is C13H15N7O2S. The molecule has 2 heterocycles. The molecule has 0 aliphatic heterocycles. The molecule has 0 aliphatic rings. The highest BCUT2D eigenvalue weighted by atomic mass is 32.2. The van der Waals surface area contributed by atoms with E-state index in [9.17, 15) is 8.42 Å². The van der Waals surface area contributed by atoms with E-state index in [1.807, 2.05) is 0 Å². The molecule has 23 heavy (non-hydrogen) atoms. The van der Waals surface area contributed by atoms with Crippen LogP contribution in [-0.4, -0.2) is 44.4 Å².